The maximum atomic E-state index is 12.8. The third-order valence-corrected chi connectivity index (χ3v) is 5.97. The van der Waals surface area contributed by atoms with Gasteiger partial charge in [-0.3, -0.25) is 10.1 Å². The van der Waals surface area contributed by atoms with Crippen LogP contribution in [0.2, 0.25) is 0 Å². The molecule has 10 nitrogen and oxygen atoms in total. The Kier molecular flexibility index (Phi) is 4.58. The van der Waals surface area contributed by atoms with Crippen molar-refractivity contribution in [1.82, 2.24) is 9.88 Å². The molecular weight excluding hydrogens is 378 g/mol. The zero-order chi connectivity index (χ0) is 20.0. The molecule has 0 aliphatic carbocycles. The highest BCUT2D eigenvalue weighted by atomic mass is 32.2. The number of benzene rings is 1. The van der Waals surface area contributed by atoms with Crippen molar-refractivity contribution in [3.05, 3.63) is 28.3 Å². The number of fused-ring (bicyclic) bond motifs is 1. The van der Waals surface area contributed by atoms with Gasteiger partial charge < -0.3 is 14.1 Å². The van der Waals surface area contributed by atoms with Crippen LogP contribution in [0.25, 0.3) is 11.1 Å². The van der Waals surface area contributed by atoms with Crippen molar-refractivity contribution < 1.29 is 27.3 Å². The normalized spacial score (nSPS) is 18.0. The predicted molar refractivity (Wildman–Crippen MR) is 94.1 cm³/mol. The topological polar surface area (TPSA) is 133 Å². The number of carbonyl (C=O) groups excluding carboxylic acids is 1. The van der Waals surface area contributed by atoms with Gasteiger partial charge in [-0.15, -0.1) is 0 Å². The van der Waals surface area contributed by atoms with Crippen LogP contribution < -0.4 is 0 Å². The molecular formula is C16H19N3O7S. The average Bonchev–Trinajstić information content (AvgIpc) is 3.20. The Hall–Kier alpha value is -2.69. The van der Waals surface area contributed by atoms with Gasteiger partial charge in [0.15, 0.2) is 5.58 Å². The van der Waals surface area contributed by atoms with Gasteiger partial charge in [0.25, 0.3) is 5.69 Å². The fraction of sp³-hybridized carbons (Fsp3) is 0.500. The maximum absolute atomic E-state index is 12.8. The third-order valence-electron chi connectivity index (χ3n) is 4.04. The zero-order valence-electron chi connectivity index (χ0n) is 15.0. The molecule has 27 heavy (non-hydrogen) atoms. The lowest BCUT2D eigenvalue weighted by Gasteiger charge is -2.24. The van der Waals surface area contributed by atoms with Gasteiger partial charge in [-0.05, 0) is 33.3 Å². The van der Waals surface area contributed by atoms with Gasteiger partial charge in [-0.25, -0.2) is 13.2 Å². The highest BCUT2D eigenvalue weighted by molar-refractivity contribution is 7.91. The number of nitrogens with zero attached hydrogens (tertiary/aromatic N) is 3. The number of rotatable bonds is 3. The summed E-state index contributed by atoms with van der Waals surface area (Å²) in [5.74, 6) is 0. The number of amides is 1. The lowest BCUT2D eigenvalue weighted by molar-refractivity contribution is -0.384. The Labute approximate surface area is 155 Å². The number of ether oxygens (including phenoxy) is 1. The van der Waals surface area contributed by atoms with E-state index in [9.17, 15) is 23.3 Å². The number of oxazole rings is 1. The van der Waals surface area contributed by atoms with Crippen molar-refractivity contribution in [2.45, 2.75) is 43.3 Å². The summed E-state index contributed by atoms with van der Waals surface area (Å²) in [4.78, 5) is 27.6. The molecule has 1 saturated heterocycles. The van der Waals surface area contributed by atoms with Crippen LogP contribution in [0.5, 0.6) is 0 Å². The van der Waals surface area contributed by atoms with Crippen LogP contribution in [0, 0.1) is 10.1 Å². The highest BCUT2D eigenvalue weighted by Crippen LogP contribution is 2.28. The Balaban J connectivity index is 1.82. The van der Waals surface area contributed by atoms with Crippen LogP contribution >= 0.6 is 0 Å². The van der Waals surface area contributed by atoms with E-state index in [4.69, 9.17) is 9.15 Å². The van der Waals surface area contributed by atoms with E-state index < -0.39 is 36.9 Å². The van der Waals surface area contributed by atoms with Crippen LogP contribution in [0.3, 0.4) is 0 Å². The molecule has 1 aliphatic heterocycles. The molecule has 146 valence electrons. The van der Waals surface area contributed by atoms with Crippen molar-refractivity contribution in [3.63, 3.8) is 0 Å². The summed E-state index contributed by atoms with van der Waals surface area (Å²) in [7, 11) is -3.94. The summed E-state index contributed by atoms with van der Waals surface area (Å²) in [6.45, 7) is 5.40. The maximum Gasteiger partial charge on any atom is 0.410 e. The van der Waals surface area contributed by atoms with E-state index in [0.717, 1.165) is 6.07 Å². The molecule has 0 saturated carbocycles. The molecule has 0 spiro atoms. The minimum atomic E-state index is -3.94. The largest absolute Gasteiger partial charge is 0.444 e. The number of sulfone groups is 1. The van der Waals surface area contributed by atoms with E-state index in [2.05, 4.69) is 4.98 Å². The first-order chi connectivity index (χ1) is 12.5. The van der Waals surface area contributed by atoms with Crippen LogP contribution in [0.15, 0.2) is 27.8 Å². The van der Waals surface area contributed by atoms with Crippen LogP contribution in [0.4, 0.5) is 10.5 Å². The molecule has 1 amide bonds. The summed E-state index contributed by atoms with van der Waals surface area (Å²) < 4.78 is 36.2. The van der Waals surface area contributed by atoms with Gasteiger partial charge in [0.2, 0.25) is 9.84 Å². The summed E-state index contributed by atoms with van der Waals surface area (Å²) >= 11 is 0. The molecule has 0 radical (unpaired) electrons. The zero-order valence-corrected chi connectivity index (χ0v) is 15.9. The highest BCUT2D eigenvalue weighted by Gasteiger charge is 2.40. The van der Waals surface area contributed by atoms with E-state index in [1.54, 1.807) is 20.8 Å². The Morgan fingerprint density at radius 1 is 1.41 bits per heavy atom. The summed E-state index contributed by atoms with van der Waals surface area (Å²) in [5.41, 5.74) is -0.661. The molecule has 1 aliphatic rings. The number of hydrogen-bond donors (Lipinski definition) is 0. The fourth-order valence-electron chi connectivity index (χ4n) is 2.75. The van der Waals surface area contributed by atoms with Gasteiger partial charge in [0.1, 0.15) is 11.1 Å². The molecule has 1 aromatic carbocycles. The van der Waals surface area contributed by atoms with Crippen molar-refractivity contribution in [3.8, 4) is 0 Å². The number of nitro benzene ring substituents is 1. The molecule has 2 heterocycles. The molecule has 1 unspecified atom stereocenters. The van der Waals surface area contributed by atoms with E-state index in [-0.39, 0.29) is 36.3 Å². The van der Waals surface area contributed by atoms with Crippen LogP contribution in [-0.4, -0.2) is 53.3 Å². The molecule has 0 N–H and O–H groups in total. The van der Waals surface area contributed by atoms with Gasteiger partial charge in [0, 0.05) is 25.2 Å². The summed E-state index contributed by atoms with van der Waals surface area (Å²) in [6.07, 6.45) is -0.353. The van der Waals surface area contributed by atoms with Gasteiger partial charge >= 0.3 is 11.3 Å². The van der Waals surface area contributed by atoms with E-state index in [1.165, 1.54) is 17.0 Å². The predicted octanol–water partition coefficient (Wildman–Crippen LogP) is 2.52. The second kappa shape index (κ2) is 6.48. The SMILES string of the molecule is CC(C)(C)OC(=O)N1CCC(S(=O)(=O)c2nc3cc([N+](=O)[O-])ccc3o2)C1. The second-order valence-corrected chi connectivity index (χ2v) is 9.38. The first-order valence-electron chi connectivity index (χ1n) is 8.24. The number of carbonyl (C=O) groups is 1. The second-order valence-electron chi connectivity index (χ2n) is 7.27. The van der Waals surface area contributed by atoms with Gasteiger partial charge in [0.05, 0.1) is 10.2 Å². The number of hydrogen-bond acceptors (Lipinski definition) is 8. The van der Waals surface area contributed by atoms with Crippen molar-refractivity contribution in [1.29, 1.82) is 0 Å². The minimum absolute atomic E-state index is 0.0316. The lowest BCUT2D eigenvalue weighted by atomic mass is 10.2. The standard InChI is InChI=1S/C16H19N3O7S/c1-16(2,3)26-15(20)18-7-6-11(9-18)27(23,24)14-17-12-8-10(19(21)22)4-5-13(12)25-14/h4-5,8,11H,6-7,9H2,1-3H3. The first kappa shape index (κ1) is 19.1. The first-order valence-corrected chi connectivity index (χ1v) is 9.79. The van der Waals surface area contributed by atoms with Crippen molar-refractivity contribution >= 4 is 32.7 Å². The van der Waals surface area contributed by atoms with Crippen molar-refractivity contribution in [2.24, 2.45) is 0 Å². The quantitative estimate of drug-likeness (QED) is 0.570. The molecule has 2 aromatic rings. The molecule has 3 rings (SSSR count). The minimum Gasteiger partial charge on any atom is -0.444 e. The third kappa shape index (κ3) is 3.87. The Bertz CT molecular complexity index is 1010. The number of non-ortho nitro benzene ring substituents is 1. The molecule has 11 heteroatoms. The number of aromatic nitrogens is 1. The van der Waals surface area contributed by atoms with Crippen LogP contribution in [-0.2, 0) is 14.6 Å². The fourth-order valence-corrected chi connectivity index (χ4v) is 4.25. The van der Waals surface area contributed by atoms with Gasteiger partial charge in [-0.2, -0.15) is 4.98 Å². The molecule has 0 bridgehead atoms. The summed E-state index contributed by atoms with van der Waals surface area (Å²) in [6, 6.07) is 3.67. The van der Waals surface area contributed by atoms with Crippen molar-refractivity contribution in [2.75, 3.05) is 13.1 Å². The summed E-state index contributed by atoms with van der Waals surface area (Å²) in [5, 5.41) is 9.45. The number of likely N-dealkylation sites (tertiary alicyclic amines) is 1. The van der Waals surface area contributed by atoms with E-state index in [1.807, 2.05) is 0 Å². The van der Waals surface area contributed by atoms with Crippen LogP contribution in [0.1, 0.15) is 27.2 Å². The number of nitro groups is 1. The molecule has 1 atom stereocenters. The van der Waals surface area contributed by atoms with E-state index in [0.29, 0.717) is 0 Å². The smallest absolute Gasteiger partial charge is 0.410 e. The van der Waals surface area contributed by atoms with E-state index >= 15 is 0 Å². The van der Waals surface area contributed by atoms with Gasteiger partial charge in [-0.1, -0.05) is 0 Å². The lowest BCUT2D eigenvalue weighted by Crippen LogP contribution is -2.36. The molecule has 1 fully saturated rings. The Morgan fingerprint density at radius 2 is 2.11 bits per heavy atom. The monoisotopic (exact) mass is 397 g/mol. The Morgan fingerprint density at radius 3 is 2.74 bits per heavy atom. The molecule has 1 aromatic heterocycles. The average molecular weight is 397 g/mol.